The van der Waals surface area contributed by atoms with Crippen molar-refractivity contribution in [1.82, 2.24) is 20.4 Å². The minimum atomic E-state index is -0.816. The molecule has 11 heteroatoms. The molecule has 0 aliphatic carbocycles. The summed E-state index contributed by atoms with van der Waals surface area (Å²) in [5.74, 6) is -0.302. The number of nitrogens with one attached hydrogen (secondary N) is 1. The quantitative estimate of drug-likeness (QED) is 0.710. The number of amides is 2. The summed E-state index contributed by atoms with van der Waals surface area (Å²) >= 11 is 1.51. The smallest absolute Gasteiger partial charge is 0.410 e. The van der Waals surface area contributed by atoms with Gasteiger partial charge >= 0.3 is 6.09 Å². The number of nitrogens with zero attached hydrogens (tertiary/aromatic N) is 4. The van der Waals surface area contributed by atoms with Gasteiger partial charge in [-0.05, 0) is 19.8 Å². The van der Waals surface area contributed by atoms with Crippen molar-refractivity contribution in [2.45, 2.75) is 43.4 Å². The maximum atomic E-state index is 12.5. The van der Waals surface area contributed by atoms with Gasteiger partial charge in [0.15, 0.2) is 0 Å². The zero-order chi connectivity index (χ0) is 19.8. The third kappa shape index (κ3) is 3.78. The average Bonchev–Trinajstić information content (AvgIpc) is 3.32. The monoisotopic (exact) mass is 411 g/mol. The van der Waals surface area contributed by atoms with Crippen LogP contribution in [0.5, 0.6) is 0 Å². The molecule has 4 rings (SSSR count). The largest absolute Gasteiger partial charge is 0.448 e. The number of anilines is 1. The molecule has 1 aromatic heterocycles. The van der Waals surface area contributed by atoms with Gasteiger partial charge in [-0.3, -0.25) is 9.69 Å². The van der Waals surface area contributed by atoms with E-state index in [4.69, 9.17) is 9.47 Å². The molecule has 2 amide bonds. The van der Waals surface area contributed by atoms with E-state index in [1.165, 1.54) is 16.2 Å². The second-order valence-corrected chi connectivity index (χ2v) is 8.71. The number of carbonyl (C=O) groups is 2. The van der Waals surface area contributed by atoms with Crippen LogP contribution in [0.4, 0.5) is 9.93 Å². The standard InChI is InChI=1S/C17H25N5O5S/c1-16(19-13(24)8-22-6-7-26-15(22)25)10-17(27-9-12(16)23)2-4-21(5-3-17)14-20-18-11-28-14/h11-12,23H,2-10H2,1H3,(H,19,24)/t12-,16-/m1/s1. The van der Waals surface area contributed by atoms with Gasteiger partial charge in [0.05, 0.1) is 24.3 Å². The maximum Gasteiger partial charge on any atom is 0.410 e. The van der Waals surface area contributed by atoms with E-state index in [0.717, 1.165) is 31.1 Å². The van der Waals surface area contributed by atoms with E-state index in [2.05, 4.69) is 20.4 Å². The zero-order valence-electron chi connectivity index (χ0n) is 15.8. The number of aromatic nitrogens is 2. The number of cyclic esters (lactones) is 1. The molecule has 1 spiro atoms. The highest BCUT2D eigenvalue weighted by molar-refractivity contribution is 7.13. The summed E-state index contributed by atoms with van der Waals surface area (Å²) < 4.78 is 10.9. The van der Waals surface area contributed by atoms with E-state index in [-0.39, 0.29) is 19.1 Å². The molecule has 10 nitrogen and oxygen atoms in total. The lowest BCUT2D eigenvalue weighted by molar-refractivity contribution is -0.172. The third-order valence-electron chi connectivity index (χ3n) is 5.87. The number of hydrogen-bond donors (Lipinski definition) is 2. The molecular formula is C17H25N5O5S. The van der Waals surface area contributed by atoms with Crippen LogP contribution in [-0.4, -0.2) is 88.8 Å². The molecule has 3 fully saturated rings. The molecule has 0 aromatic carbocycles. The molecule has 28 heavy (non-hydrogen) atoms. The van der Waals surface area contributed by atoms with Crippen LogP contribution >= 0.6 is 11.3 Å². The Hall–Kier alpha value is -1.98. The molecule has 0 bridgehead atoms. The fraction of sp³-hybridized carbons (Fsp3) is 0.765. The van der Waals surface area contributed by atoms with Crippen LogP contribution in [0.25, 0.3) is 0 Å². The Balaban J connectivity index is 1.38. The number of aliphatic hydroxyl groups excluding tert-OH is 1. The number of carbonyl (C=O) groups excluding carboxylic acids is 2. The average molecular weight is 411 g/mol. The summed E-state index contributed by atoms with van der Waals surface area (Å²) in [7, 11) is 0. The van der Waals surface area contributed by atoms with Crippen molar-refractivity contribution in [1.29, 1.82) is 0 Å². The lowest BCUT2D eigenvalue weighted by Crippen LogP contribution is -2.66. The predicted octanol–water partition coefficient (Wildman–Crippen LogP) is -0.0146. The van der Waals surface area contributed by atoms with Gasteiger partial charge < -0.3 is 24.8 Å². The number of aliphatic hydroxyl groups is 1. The molecule has 0 saturated carbocycles. The molecule has 1 aromatic rings. The molecule has 3 aliphatic rings. The Morgan fingerprint density at radius 3 is 2.86 bits per heavy atom. The highest BCUT2D eigenvalue weighted by atomic mass is 32.1. The molecule has 154 valence electrons. The number of ether oxygens (including phenoxy) is 2. The van der Waals surface area contributed by atoms with E-state index < -0.39 is 23.3 Å². The number of rotatable bonds is 4. The van der Waals surface area contributed by atoms with Crippen LogP contribution in [0, 0.1) is 0 Å². The molecule has 4 heterocycles. The minimum Gasteiger partial charge on any atom is -0.448 e. The lowest BCUT2D eigenvalue weighted by atomic mass is 9.74. The second kappa shape index (κ2) is 7.45. The van der Waals surface area contributed by atoms with Crippen LogP contribution in [-0.2, 0) is 14.3 Å². The fourth-order valence-electron chi connectivity index (χ4n) is 4.24. The van der Waals surface area contributed by atoms with E-state index in [1.807, 2.05) is 6.92 Å². The van der Waals surface area contributed by atoms with Gasteiger partial charge in [0.25, 0.3) is 0 Å². The van der Waals surface area contributed by atoms with E-state index in [1.54, 1.807) is 5.51 Å². The van der Waals surface area contributed by atoms with Crippen molar-refractivity contribution >= 4 is 28.5 Å². The maximum absolute atomic E-state index is 12.5. The Labute approximate surface area is 166 Å². The Kier molecular flexibility index (Phi) is 5.15. The highest BCUT2D eigenvalue weighted by Crippen LogP contribution is 2.40. The Bertz CT molecular complexity index is 724. The molecule has 0 radical (unpaired) electrons. The van der Waals surface area contributed by atoms with Crippen molar-refractivity contribution in [3.8, 4) is 0 Å². The van der Waals surface area contributed by atoms with Crippen molar-refractivity contribution in [2.75, 3.05) is 44.3 Å². The van der Waals surface area contributed by atoms with Crippen LogP contribution in [0.3, 0.4) is 0 Å². The number of hydrogen-bond acceptors (Lipinski definition) is 9. The molecule has 2 atom stereocenters. The summed E-state index contributed by atoms with van der Waals surface area (Å²) in [5.41, 5.74) is 0.509. The molecule has 3 aliphatic heterocycles. The van der Waals surface area contributed by atoms with Crippen LogP contribution < -0.4 is 10.2 Å². The van der Waals surface area contributed by atoms with Crippen molar-refractivity contribution < 1.29 is 24.2 Å². The van der Waals surface area contributed by atoms with E-state index in [9.17, 15) is 14.7 Å². The summed E-state index contributed by atoms with van der Waals surface area (Å²) in [6, 6.07) is 0. The summed E-state index contributed by atoms with van der Waals surface area (Å²) in [4.78, 5) is 27.6. The first-order chi connectivity index (χ1) is 13.4. The van der Waals surface area contributed by atoms with Gasteiger partial charge in [-0.25, -0.2) is 4.79 Å². The SMILES string of the molecule is C[C@@]1(NC(=O)CN2CCOC2=O)CC2(CCN(c3nncs3)CC2)OC[C@H]1O. The number of piperidine rings is 1. The van der Waals surface area contributed by atoms with Crippen LogP contribution in [0.15, 0.2) is 5.51 Å². The van der Waals surface area contributed by atoms with E-state index in [0.29, 0.717) is 19.6 Å². The Morgan fingerprint density at radius 1 is 1.43 bits per heavy atom. The second-order valence-electron chi connectivity index (χ2n) is 7.90. The van der Waals surface area contributed by atoms with Crippen molar-refractivity contribution in [2.24, 2.45) is 0 Å². The van der Waals surface area contributed by atoms with Crippen molar-refractivity contribution in [3.05, 3.63) is 5.51 Å². The van der Waals surface area contributed by atoms with Crippen LogP contribution in [0.2, 0.25) is 0 Å². The van der Waals surface area contributed by atoms with Gasteiger partial charge in [0.2, 0.25) is 11.0 Å². The third-order valence-corrected chi connectivity index (χ3v) is 6.62. The van der Waals surface area contributed by atoms with Gasteiger partial charge in [0.1, 0.15) is 24.8 Å². The molecular weight excluding hydrogens is 386 g/mol. The first-order valence-corrected chi connectivity index (χ1v) is 10.3. The molecule has 2 N–H and O–H groups in total. The lowest BCUT2D eigenvalue weighted by Gasteiger charge is -2.52. The Morgan fingerprint density at radius 2 is 2.21 bits per heavy atom. The normalized spacial score (nSPS) is 29.8. The van der Waals surface area contributed by atoms with Gasteiger partial charge in [-0.2, -0.15) is 0 Å². The predicted molar refractivity (Wildman–Crippen MR) is 100 cm³/mol. The highest BCUT2D eigenvalue weighted by Gasteiger charge is 2.50. The molecule has 3 saturated heterocycles. The van der Waals surface area contributed by atoms with Gasteiger partial charge in [0, 0.05) is 19.5 Å². The zero-order valence-corrected chi connectivity index (χ0v) is 16.6. The fourth-order valence-corrected chi connectivity index (χ4v) is 4.85. The first kappa shape index (κ1) is 19.3. The van der Waals surface area contributed by atoms with E-state index >= 15 is 0 Å². The van der Waals surface area contributed by atoms with Crippen LogP contribution in [0.1, 0.15) is 26.2 Å². The van der Waals surface area contributed by atoms with Crippen molar-refractivity contribution in [3.63, 3.8) is 0 Å². The first-order valence-electron chi connectivity index (χ1n) is 9.45. The van der Waals surface area contributed by atoms with Gasteiger partial charge in [-0.1, -0.05) is 11.3 Å². The topological polar surface area (TPSA) is 117 Å². The summed E-state index contributed by atoms with van der Waals surface area (Å²) in [6.45, 7) is 4.22. The van der Waals surface area contributed by atoms with Gasteiger partial charge in [-0.15, -0.1) is 10.2 Å². The minimum absolute atomic E-state index is 0.0696. The summed E-state index contributed by atoms with van der Waals surface area (Å²) in [6.07, 6.45) is 0.787. The molecule has 0 unspecified atom stereocenters. The summed E-state index contributed by atoms with van der Waals surface area (Å²) in [5, 5.41) is 22.4.